The zero-order valence-electron chi connectivity index (χ0n) is 14.2. The molecule has 0 aliphatic heterocycles. The third kappa shape index (κ3) is 4.99. The van der Waals surface area contributed by atoms with Gasteiger partial charge in [-0.1, -0.05) is 36.4 Å². The lowest BCUT2D eigenvalue weighted by atomic mass is 10.1. The van der Waals surface area contributed by atoms with E-state index in [1.807, 2.05) is 53.5 Å². The molecule has 3 aromatic rings. The Morgan fingerprint density at radius 2 is 2.08 bits per heavy atom. The number of aliphatic hydroxyl groups excluding tert-OH is 1. The summed E-state index contributed by atoms with van der Waals surface area (Å²) >= 11 is 1.66. The highest BCUT2D eigenvalue weighted by atomic mass is 32.1. The van der Waals surface area contributed by atoms with Gasteiger partial charge in [0.2, 0.25) is 0 Å². The summed E-state index contributed by atoms with van der Waals surface area (Å²) in [6.45, 7) is 1.26. The lowest BCUT2D eigenvalue weighted by molar-refractivity contribution is 0.0289. The van der Waals surface area contributed by atoms with Crippen LogP contribution < -0.4 is 5.32 Å². The van der Waals surface area contributed by atoms with Crippen LogP contribution >= 0.6 is 11.3 Å². The number of ether oxygens (including phenoxy) is 1. The molecular formula is C19H23N3O2S. The van der Waals surface area contributed by atoms with Crippen molar-refractivity contribution in [2.75, 3.05) is 13.2 Å². The highest BCUT2D eigenvalue weighted by Gasteiger charge is 2.19. The summed E-state index contributed by atoms with van der Waals surface area (Å²) in [4.78, 5) is 5.62. The third-order valence-corrected chi connectivity index (χ3v) is 4.79. The number of thiophene rings is 1. The Morgan fingerprint density at radius 3 is 2.76 bits per heavy atom. The van der Waals surface area contributed by atoms with Crippen LogP contribution in [0.3, 0.4) is 0 Å². The number of rotatable bonds is 9. The fraction of sp³-hybridized carbons (Fsp3) is 0.316. The van der Waals surface area contributed by atoms with Gasteiger partial charge in [-0.2, -0.15) is 0 Å². The highest BCUT2D eigenvalue weighted by molar-refractivity contribution is 7.09. The van der Waals surface area contributed by atoms with Crippen LogP contribution in [0.2, 0.25) is 0 Å². The molecule has 0 radical (unpaired) electrons. The molecular weight excluding hydrogens is 334 g/mol. The van der Waals surface area contributed by atoms with Gasteiger partial charge in [-0.25, -0.2) is 4.98 Å². The number of hydrogen-bond acceptors (Lipinski definition) is 5. The summed E-state index contributed by atoms with van der Waals surface area (Å²) in [5.74, 6) is 0.915. The molecule has 0 saturated heterocycles. The topological polar surface area (TPSA) is 59.3 Å². The van der Waals surface area contributed by atoms with Crippen molar-refractivity contribution in [2.45, 2.75) is 18.8 Å². The summed E-state index contributed by atoms with van der Waals surface area (Å²) in [6.07, 6.45) is 3.13. The van der Waals surface area contributed by atoms with Crippen LogP contribution in [0.25, 0.3) is 0 Å². The van der Waals surface area contributed by atoms with Crippen molar-refractivity contribution in [3.63, 3.8) is 0 Å². The molecule has 0 amide bonds. The van der Waals surface area contributed by atoms with Crippen molar-refractivity contribution in [3.8, 4) is 0 Å². The maximum atomic E-state index is 10.2. The predicted octanol–water partition coefficient (Wildman–Crippen LogP) is 2.74. The molecule has 3 rings (SSSR count). The van der Waals surface area contributed by atoms with Crippen molar-refractivity contribution in [1.29, 1.82) is 0 Å². The molecule has 2 N–H and O–H groups in total. The molecule has 1 aromatic carbocycles. The lowest BCUT2D eigenvalue weighted by Crippen LogP contribution is -2.34. The second-order valence-electron chi connectivity index (χ2n) is 5.90. The molecule has 25 heavy (non-hydrogen) atoms. The van der Waals surface area contributed by atoms with Gasteiger partial charge in [-0.15, -0.1) is 11.3 Å². The van der Waals surface area contributed by atoms with E-state index in [1.54, 1.807) is 17.5 Å². The number of imidazole rings is 1. The largest absolute Gasteiger partial charge is 0.389 e. The van der Waals surface area contributed by atoms with Gasteiger partial charge in [0.05, 0.1) is 25.4 Å². The number of nitrogens with one attached hydrogen (secondary N) is 1. The number of aryl methyl sites for hydroxylation is 1. The Balaban J connectivity index is 1.56. The second-order valence-corrected chi connectivity index (χ2v) is 6.93. The zero-order chi connectivity index (χ0) is 17.5. The predicted molar refractivity (Wildman–Crippen MR) is 99.5 cm³/mol. The Kier molecular flexibility index (Phi) is 6.36. The molecule has 2 atom stereocenters. The van der Waals surface area contributed by atoms with Gasteiger partial charge in [0.15, 0.2) is 0 Å². The van der Waals surface area contributed by atoms with E-state index in [2.05, 4.69) is 22.4 Å². The number of nitrogens with zero attached hydrogens (tertiary/aromatic N) is 2. The molecule has 0 bridgehead atoms. The van der Waals surface area contributed by atoms with E-state index >= 15 is 0 Å². The molecule has 0 aliphatic rings. The second kappa shape index (κ2) is 8.92. The molecule has 0 fully saturated rings. The number of aromatic nitrogens is 2. The zero-order valence-corrected chi connectivity index (χ0v) is 15.0. The Labute approximate surface area is 151 Å². The van der Waals surface area contributed by atoms with Gasteiger partial charge in [0.1, 0.15) is 5.82 Å². The van der Waals surface area contributed by atoms with Crippen LogP contribution in [-0.4, -0.2) is 33.9 Å². The number of benzene rings is 1. The van der Waals surface area contributed by atoms with Gasteiger partial charge >= 0.3 is 0 Å². The minimum atomic E-state index is -0.577. The fourth-order valence-corrected chi connectivity index (χ4v) is 3.30. The molecule has 132 valence electrons. The van der Waals surface area contributed by atoms with E-state index in [4.69, 9.17) is 4.74 Å². The first-order valence-corrected chi connectivity index (χ1v) is 9.15. The van der Waals surface area contributed by atoms with Crippen LogP contribution in [0.15, 0.2) is 60.2 Å². The number of hydrogen-bond donors (Lipinski definition) is 2. The molecule has 2 aromatic heterocycles. The first-order chi connectivity index (χ1) is 12.2. The Bertz CT molecular complexity index is 743. The van der Waals surface area contributed by atoms with Crippen LogP contribution in [0, 0.1) is 0 Å². The van der Waals surface area contributed by atoms with Gasteiger partial charge in [-0.3, -0.25) is 0 Å². The SMILES string of the molecule is Cn1ccnc1[C@H](NC[C@H](O)COCc1cccs1)c1ccccc1. The highest BCUT2D eigenvalue weighted by Crippen LogP contribution is 2.20. The fourth-order valence-electron chi connectivity index (χ4n) is 2.66. The van der Waals surface area contributed by atoms with Crippen molar-refractivity contribution in [3.05, 3.63) is 76.5 Å². The summed E-state index contributed by atoms with van der Waals surface area (Å²) < 4.78 is 7.58. The summed E-state index contributed by atoms with van der Waals surface area (Å²) in [5, 5.41) is 15.7. The Hall–Kier alpha value is -1.99. The molecule has 5 nitrogen and oxygen atoms in total. The minimum absolute atomic E-state index is 0.0758. The average Bonchev–Trinajstić information content (AvgIpc) is 3.28. The molecule has 0 spiro atoms. The first kappa shape index (κ1) is 17.8. The number of aliphatic hydroxyl groups is 1. The van der Waals surface area contributed by atoms with Crippen LogP contribution in [0.1, 0.15) is 22.3 Å². The summed E-state index contributed by atoms with van der Waals surface area (Å²) in [7, 11) is 1.97. The van der Waals surface area contributed by atoms with Gasteiger partial charge in [0.25, 0.3) is 0 Å². The van der Waals surface area contributed by atoms with E-state index in [-0.39, 0.29) is 6.04 Å². The van der Waals surface area contributed by atoms with Crippen molar-refractivity contribution in [2.24, 2.45) is 7.05 Å². The summed E-state index contributed by atoms with van der Waals surface area (Å²) in [5.41, 5.74) is 1.11. The van der Waals surface area contributed by atoms with Crippen LogP contribution in [0.5, 0.6) is 0 Å². The van der Waals surface area contributed by atoms with Crippen LogP contribution in [-0.2, 0) is 18.4 Å². The minimum Gasteiger partial charge on any atom is -0.389 e. The quantitative estimate of drug-likeness (QED) is 0.618. The van der Waals surface area contributed by atoms with E-state index < -0.39 is 6.10 Å². The molecule has 0 aliphatic carbocycles. The average molecular weight is 357 g/mol. The third-order valence-electron chi connectivity index (χ3n) is 3.94. The maximum absolute atomic E-state index is 10.2. The van der Waals surface area contributed by atoms with E-state index in [9.17, 15) is 5.11 Å². The van der Waals surface area contributed by atoms with Crippen molar-refractivity contribution >= 4 is 11.3 Å². The molecule has 0 unspecified atom stereocenters. The molecule has 2 heterocycles. The monoisotopic (exact) mass is 357 g/mol. The molecule has 6 heteroatoms. The van der Waals surface area contributed by atoms with Gasteiger partial charge in [0, 0.05) is 30.9 Å². The van der Waals surface area contributed by atoms with E-state index in [0.29, 0.717) is 19.8 Å². The van der Waals surface area contributed by atoms with Crippen LogP contribution in [0.4, 0.5) is 0 Å². The standard InChI is InChI=1S/C19H23N3O2S/c1-22-10-9-20-19(22)18(15-6-3-2-4-7-15)21-12-16(23)13-24-14-17-8-5-11-25-17/h2-11,16,18,21,23H,12-14H2,1H3/t16-,18+/m0/s1. The first-order valence-electron chi connectivity index (χ1n) is 8.28. The smallest absolute Gasteiger partial charge is 0.130 e. The van der Waals surface area contributed by atoms with Crippen molar-refractivity contribution in [1.82, 2.24) is 14.9 Å². The van der Waals surface area contributed by atoms with Crippen molar-refractivity contribution < 1.29 is 9.84 Å². The summed E-state index contributed by atoms with van der Waals surface area (Å²) in [6, 6.07) is 14.1. The van der Waals surface area contributed by atoms with E-state index in [1.165, 1.54) is 0 Å². The van der Waals surface area contributed by atoms with Gasteiger partial charge < -0.3 is 19.7 Å². The molecule has 0 saturated carbocycles. The van der Waals surface area contributed by atoms with E-state index in [0.717, 1.165) is 16.3 Å². The lowest BCUT2D eigenvalue weighted by Gasteiger charge is -2.21. The Morgan fingerprint density at radius 1 is 1.24 bits per heavy atom. The maximum Gasteiger partial charge on any atom is 0.130 e. The van der Waals surface area contributed by atoms with Gasteiger partial charge in [-0.05, 0) is 17.0 Å². The normalized spacial score (nSPS) is 13.7.